The van der Waals surface area contributed by atoms with E-state index in [-0.39, 0.29) is 18.7 Å². The zero-order valence-electron chi connectivity index (χ0n) is 9.95. The van der Waals surface area contributed by atoms with Crippen LogP contribution in [0.2, 0.25) is 0 Å². The Kier molecular flexibility index (Phi) is 3.42. The number of benzene rings is 1. The summed E-state index contributed by atoms with van der Waals surface area (Å²) in [6.45, 7) is -1.46. The topological polar surface area (TPSA) is 38.0 Å². The van der Waals surface area contributed by atoms with Crippen LogP contribution in [0.1, 0.15) is 18.4 Å². The summed E-state index contributed by atoms with van der Waals surface area (Å²) in [5.41, 5.74) is 1.77. The van der Waals surface area contributed by atoms with E-state index in [0.717, 1.165) is 6.07 Å². The van der Waals surface area contributed by atoms with Crippen LogP contribution in [0.5, 0.6) is 0 Å². The van der Waals surface area contributed by atoms with Crippen LogP contribution in [-0.2, 0) is 5.54 Å². The van der Waals surface area contributed by atoms with E-state index in [1.165, 1.54) is 0 Å². The Balaban J connectivity index is 2.64. The van der Waals surface area contributed by atoms with Gasteiger partial charge in [0.25, 0.3) is 5.92 Å². The van der Waals surface area contributed by atoms with E-state index >= 15 is 0 Å². The number of hydrogen-bond donors (Lipinski definition) is 2. The molecule has 1 fully saturated rings. The van der Waals surface area contributed by atoms with E-state index < -0.39 is 41.8 Å². The first-order valence-electron chi connectivity index (χ1n) is 5.78. The van der Waals surface area contributed by atoms with Gasteiger partial charge >= 0.3 is 0 Å². The molecule has 0 unspecified atom stereocenters. The van der Waals surface area contributed by atoms with Gasteiger partial charge in [0.15, 0.2) is 11.6 Å². The van der Waals surface area contributed by atoms with Crippen molar-refractivity contribution in [3.05, 3.63) is 29.3 Å². The van der Waals surface area contributed by atoms with Crippen molar-refractivity contribution in [3.63, 3.8) is 0 Å². The second kappa shape index (κ2) is 4.63. The Hall–Kier alpha value is -1.37. The molecule has 1 saturated heterocycles. The lowest BCUT2D eigenvalue weighted by atomic mass is 9.79. The number of nitrogens with two attached hydrogens (primary N) is 1. The number of nitrogens with one attached hydrogen (secondary N) is 1. The average molecular weight is 280 g/mol. The summed E-state index contributed by atoms with van der Waals surface area (Å²) < 4.78 is 68.4. The highest BCUT2D eigenvalue weighted by Crippen LogP contribution is 2.45. The minimum Gasteiger partial charge on any atom is -0.399 e. The number of piperidine rings is 1. The lowest BCUT2D eigenvalue weighted by molar-refractivity contribution is -0.126. The second-order valence-corrected chi connectivity index (χ2v) is 4.64. The van der Waals surface area contributed by atoms with Crippen LogP contribution >= 0.6 is 0 Å². The summed E-state index contributed by atoms with van der Waals surface area (Å²) >= 11 is 0. The molecule has 1 aromatic carbocycles. The van der Waals surface area contributed by atoms with Gasteiger partial charge in [0, 0.05) is 17.7 Å². The van der Waals surface area contributed by atoms with Gasteiger partial charge in [-0.05, 0) is 25.1 Å². The predicted molar refractivity (Wildman–Crippen MR) is 60.6 cm³/mol. The summed E-state index contributed by atoms with van der Waals surface area (Å²) in [4.78, 5) is 0. The number of anilines is 1. The Bertz CT molecular complexity index is 491. The van der Waals surface area contributed by atoms with Crippen molar-refractivity contribution < 1.29 is 22.0 Å². The molecule has 1 aromatic rings. The molecule has 0 amide bonds. The van der Waals surface area contributed by atoms with Crippen molar-refractivity contribution in [2.75, 3.05) is 19.0 Å². The van der Waals surface area contributed by atoms with E-state index in [4.69, 9.17) is 5.73 Å². The molecule has 7 heteroatoms. The number of nitrogen functional groups attached to an aromatic ring is 1. The van der Waals surface area contributed by atoms with Gasteiger partial charge in [0.05, 0.1) is 0 Å². The minimum atomic E-state index is -3.53. The van der Waals surface area contributed by atoms with Crippen molar-refractivity contribution in [1.29, 1.82) is 0 Å². The molecule has 19 heavy (non-hydrogen) atoms. The zero-order chi connectivity index (χ0) is 14.3. The average Bonchev–Trinajstić information content (AvgIpc) is 2.34. The fourth-order valence-corrected chi connectivity index (χ4v) is 2.38. The Labute approximate surface area is 106 Å². The molecular formula is C12H13F5N2. The fourth-order valence-electron chi connectivity index (χ4n) is 2.38. The Morgan fingerprint density at radius 1 is 1.26 bits per heavy atom. The summed E-state index contributed by atoms with van der Waals surface area (Å²) in [5.74, 6) is -6.40. The van der Waals surface area contributed by atoms with Crippen LogP contribution in [0.25, 0.3) is 0 Å². The maximum absolute atomic E-state index is 14.0. The summed E-state index contributed by atoms with van der Waals surface area (Å²) in [7, 11) is 0. The van der Waals surface area contributed by atoms with E-state index in [1.807, 2.05) is 0 Å². The highest BCUT2D eigenvalue weighted by Gasteiger charge is 2.57. The quantitative estimate of drug-likeness (QED) is 0.645. The van der Waals surface area contributed by atoms with Crippen molar-refractivity contribution in [1.82, 2.24) is 5.32 Å². The molecule has 0 saturated carbocycles. The summed E-state index contributed by atoms with van der Waals surface area (Å²) in [5, 5.41) is 2.30. The van der Waals surface area contributed by atoms with Gasteiger partial charge in [-0.1, -0.05) is 0 Å². The smallest absolute Gasteiger partial charge is 0.272 e. The van der Waals surface area contributed by atoms with E-state index in [9.17, 15) is 22.0 Å². The normalized spacial score (nSPS) is 26.4. The first kappa shape index (κ1) is 14.0. The molecule has 2 nitrogen and oxygen atoms in total. The van der Waals surface area contributed by atoms with E-state index in [0.29, 0.717) is 6.07 Å². The first-order valence-corrected chi connectivity index (χ1v) is 5.78. The number of alkyl halides is 3. The number of halogens is 5. The van der Waals surface area contributed by atoms with Crippen LogP contribution in [0, 0.1) is 11.6 Å². The lowest BCUT2D eigenvalue weighted by Crippen LogP contribution is -2.61. The predicted octanol–water partition coefficient (Wildman–Crippen LogP) is 2.73. The third kappa shape index (κ3) is 2.05. The van der Waals surface area contributed by atoms with E-state index in [2.05, 4.69) is 5.32 Å². The van der Waals surface area contributed by atoms with Crippen LogP contribution in [0.4, 0.5) is 27.6 Å². The molecule has 1 heterocycles. The van der Waals surface area contributed by atoms with Crippen molar-refractivity contribution >= 4 is 5.69 Å². The lowest BCUT2D eigenvalue weighted by Gasteiger charge is -2.43. The zero-order valence-corrected chi connectivity index (χ0v) is 9.95. The van der Waals surface area contributed by atoms with Crippen LogP contribution < -0.4 is 11.1 Å². The second-order valence-electron chi connectivity index (χ2n) is 4.64. The molecular weight excluding hydrogens is 267 g/mol. The first-order chi connectivity index (χ1) is 8.84. The molecule has 0 spiro atoms. The van der Waals surface area contributed by atoms with Gasteiger partial charge in [-0.2, -0.15) is 0 Å². The van der Waals surface area contributed by atoms with Gasteiger partial charge in [-0.3, -0.25) is 0 Å². The molecule has 0 aromatic heterocycles. The standard InChI is InChI=1S/C12H13F5N2/c13-6-11(12(16,17)2-1-3-19-11)8-4-7(18)5-9(14)10(8)15/h4-5,19H,1-3,6,18H2/t11-/m1/s1. The Morgan fingerprint density at radius 3 is 2.53 bits per heavy atom. The SMILES string of the molecule is Nc1cc(F)c(F)c([C@@]2(CF)NCCCC2(F)F)c1. The van der Waals surface area contributed by atoms with Gasteiger partial charge < -0.3 is 11.1 Å². The molecule has 0 radical (unpaired) electrons. The van der Waals surface area contributed by atoms with Crippen LogP contribution in [0.3, 0.4) is 0 Å². The van der Waals surface area contributed by atoms with Crippen molar-refractivity contribution in [2.45, 2.75) is 24.3 Å². The summed E-state index contributed by atoms with van der Waals surface area (Å²) in [6.07, 6.45) is -0.471. The largest absolute Gasteiger partial charge is 0.399 e. The van der Waals surface area contributed by atoms with Gasteiger partial charge in [0.1, 0.15) is 12.2 Å². The number of rotatable bonds is 2. The van der Waals surface area contributed by atoms with E-state index in [1.54, 1.807) is 0 Å². The Morgan fingerprint density at radius 2 is 1.95 bits per heavy atom. The third-order valence-electron chi connectivity index (χ3n) is 3.43. The highest BCUT2D eigenvalue weighted by atomic mass is 19.3. The summed E-state index contributed by atoms with van der Waals surface area (Å²) in [6, 6.07) is 1.52. The molecule has 0 bridgehead atoms. The van der Waals surface area contributed by atoms with Gasteiger partial charge in [-0.25, -0.2) is 22.0 Å². The molecule has 1 atom stereocenters. The van der Waals surface area contributed by atoms with Gasteiger partial charge in [0.2, 0.25) is 0 Å². The minimum absolute atomic E-state index is 0.0926. The molecule has 0 aliphatic carbocycles. The third-order valence-corrected chi connectivity index (χ3v) is 3.43. The monoisotopic (exact) mass is 280 g/mol. The fraction of sp³-hybridized carbons (Fsp3) is 0.500. The molecule has 3 N–H and O–H groups in total. The van der Waals surface area contributed by atoms with Crippen LogP contribution in [0.15, 0.2) is 12.1 Å². The maximum atomic E-state index is 14.0. The number of hydrogen-bond acceptors (Lipinski definition) is 2. The molecule has 106 valence electrons. The molecule has 1 aliphatic rings. The molecule has 1 aliphatic heterocycles. The van der Waals surface area contributed by atoms with Crippen molar-refractivity contribution in [2.24, 2.45) is 0 Å². The van der Waals surface area contributed by atoms with Gasteiger partial charge in [-0.15, -0.1) is 0 Å². The highest BCUT2D eigenvalue weighted by molar-refractivity contribution is 5.46. The van der Waals surface area contributed by atoms with Crippen LogP contribution in [-0.4, -0.2) is 19.1 Å². The maximum Gasteiger partial charge on any atom is 0.272 e. The molecule has 2 rings (SSSR count). The van der Waals surface area contributed by atoms with Crippen molar-refractivity contribution in [3.8, 4) is 0 Å².